The summed E-state index contributed by atoms with van der Waals surface area (Å²) in [6, 6.07) is 24.5. The monoisotopic (exact) mass is 695 g/mol. The first-order valence-electron chi connectivity index (χ1n) is 17.3. The number of hydrogen-bond donors (Lipinski definition) is 3. The Bertz CT molecular complexity index is 1630. The molecule has 3 amide bonds. The molecule has 0 bridgehead atoms. The number of rotatable bonds is 19. The van der Waals surface area contributed by atoms with Crippen molar-refractivity contribution in [2.24, 2.45) is 5.92 Å². The molecule has 51 heavy (non-hydrogen) atoms. The molecular weight excluding hydrogens is 646 g/mol. The van der Waals surface area contributed by atoms with Crippen molar-refractivity contribution >= 4 is 23.9 Å². The van der Waals surface area contributed by atoms with Crippen molar-refractivity contribution in [2.45, 2.75) is 63.6 Å². The lowest BCUT2D eigenvalue weighted by atomic mass is 9.97. The van der Waals surface area contributed by atoms with Gasteiger partial charge in [0.15, 0.2) is 0 Å². The number of benzene rings is 3. The minimum Gasteiger partial charge on any atom is -0.462 e. The van der Waals surface area contributed by atoms with Crippen molar-refractivity contribution in [3.05, 3.63) is 121 Å². The number of allylic oxidation sites excluding steroid dienone is 2. The molecule has 10 heteroatoms. The number of fused-ring (bicyclic) bond motifs is 3. The lowest BCUT2D eigenvalue weighted by Crippen LogP contribution is -2.51. The molecule has 1 aliphatic rings. The standard InChI is InChI=1S/C41H49N3O7/c1-5-7-22-36(42-40(49)50-27-35-33-20-13-11-18-31(33)32-19-12-14-21-34(32)35)39(48)51-28-41(3,4)43-38(47)30(15-6-2)25-37(46)44(23-24-45)26-29-16-9-8-10-17-29/h5-6,8-14,16-21,30,35-36,45H,1-2,7,15,22-28H2,3-4H3,(H,42,49)(H,43,47). The fourth-order valence-corrected chi connectivity index (χ4v) is 6.18. The summed E-state index contributed by atoms with van der Waals surface area (Å²) in [6.07, 6.45) is 3.33. The van der Waals surface area contributed by atoms with Crippen LogP contribution in [0.4, 0.5) is 4.79 Å². The Kier molecular flexibility index (Phi) is 14.1. The molecule has 0 heterocycles. The molecule has 1 aliphatic carbocycles. The number of aliphatic hydroxyl groups excluding tert-OH is 1. The molecular formula is C41H49N3O7. The highest BCUT2D eigenvalue weighted by molar-refractivity contribution is 5.86. The topological polar surface area (TPSA) is 134 Å². The van der Waals surface area contributed by atoms with Crippen LogP contribution in [-0.2, 0) is 30.4 Å². The number of amides is 3. The van der Waals surface area contributed by atoms with E-state index in [9.17, 15) is 24.3 Å². The molecule has 0 aromatic heterocycles. The molecule has 270 valence electrons. The van der Waals surface area contributed by atoms with Gasteiger partial charge in [-0.1, -0.05) is 91.0 Å². The fourth-order valence-electron chi connectivity index (χ4n) is 6.18. The van der Waals surface area contributed by atoms with Crippen molar-refractivity contribution in [3.8, 4) is 11.1 Å². The third kappa shape index (κ3) is 10.9. The van der Waals surface area contributed by atoms with Crippen LogP contribution in [0.3, 0.4) is 0 Å². The molecule has 0 saturated heterocycles. The molecule has 3 aromatic carbocycles. The predicted molar refractivity (Wildman–Crippen MR) is 196 cm³/mol. The lowest BCUT2D eigenvalue weighted by Gasteiger charge is -2.30. The number of nitrogens with zero attached hydrogens (tertiary/aromatic N) is 1. The summed E-state index contributed by atoms with van der Waals surface area (Å²) in [6.45, 7) is 11.0. The second-order valence-corrected chi connectivity index (χ2v) is 13.3. The van der Waals surface area contributed by atoms with E-state index in [1.807, 2.05) is 66.7 Å². The molecule has 3 N–H and O–H groups in total. The maximum absolute atomic E-state index is 13.4. The first-order valence-corrected chi connectivity index (χ1v) is 17.3. The molecule has 0 spiro atoms. The lowest BCUT2D eigenvalue weighted by molar-refractivity contribution is -0.149. The second-order valence-electron chi connectivity index (χ2n) is 13.3. The quantitative estimate of drug-likeness (QED) is 0.105. The average Bonchev–Trinajstić information content (AvgIpc) is 3.44. The van der Waals surface area contributed by atoms with Gasteiger partial charge in [0, 0.05) is 25.4 Å². The van der Waals surface area contributed by atoms with Gasteiger partial charge in [-0.05, 0) is 60.9 Å². The Morgan fingerprint density at radius 3 is 2.14 bits per heavy atom. The van der Waals surface area contributed by atoms with Crippen LogP contribution >= 0.6 is 0 Å². The van der Waals surface area contributed by atoms with Crippen LogP contribution in [0.5, 0.6) is 0 Å². The van der Waals surface area contributed by atoms with E-state index in [1.165, 1.54) is 4.90 Å². The van der Waals surface area contributed by atoms with E-state index >= 15 is 0 Å². The largest absolute Gasteiger partial charge is 0.462 e. The Labute approximate surface area is 300 Å². The van der Waals surface area contributed by atoms with E-state index in [-0.39, 0.29) is 57.5 Å². The van der Waals surface area contributed by atoms with Gasteiger partial charge >= 0.3 is 12.1 Å². The van der Waals surface area contributed by atoms with Gasteiger partial charge in [-0.2, -0.15) is 0 Å². The highest BCUT2D eigenvalue weighted by atomic mass is 16.6. The predicted octanol–water partition coefficient (Wildman–Crippen LogP) is 5.90. The minimum atomic E-state index is -1.00. The number of carbonyl (C=O) groups is 4. The Morgan fingerprint density at radius 1 is 0.902 bits per heavy atom. The fraction of sp³-hybridized carbons (Fsp3) is 0.366. The highest BCUT2D eigenvalue weighted by Gasteiger charge is 2.32. The van der Waals surface area contributed by atoms with Gasteiger partial charge in [-0.15, -0.1) is 13.2 Å². The van der Waals surface area contributed by atoms with Crippen LogP contribution in [0.25, 0.3) is 11.1 Å². The van der Waals surface area contributed by atoms with Crippen molar-refractivity contribution < 1.29 is 33.8 Å². The Morgan fingerprint density at radius 2 is 1.53 bits per heavy atom. The van der Waals surface area contributed by atoms with Crippen molar-refractivity contribution in [1.82, 2.24) is 15.5 Å². The first-order chi connectivity index (χ1) is 24.6. The number of nitrogens with one attached hydrogen (secondary N) is 2. The van der Waals surface area contributed by atoms with Gasteiger partial charge in [0.2, 0.25) is 11.8 Å². The van der Waals surface area contributed by atoms with Crippen LogP contribution in [0.1, 0.15) is 62.1 Å². The number of hydrogen-bond acceptors (Lipinski definition) is 7. The summed E-state index contributed by atoms with van der Waals surface area (Å²) < 4.78 is 11.3. The summed E-state index contributed by atoms with van der Waals surface area (Å²) in [4.78, 5) is 54.4. The van der Waals surface area contributed by atoms with E-state index < -0.39 is 35.5 Å². The van der Waals surface area contributed by atoms with Crippen molar-refractivity contribution in [3.63, 3.8) is 0 Å². The van der Waals surface area contributed by atoms with E-state index in [4.69, 9.17) is 9.47 Å². The molecule has 0 radical (unpaired) electrons. The zero-order valence-corrected chi connectivity index (χ0v) is 29.5. The van der Waals surface area contributed by atoms with Crippen molar-refractivity contribution in [1.29, 1.82) is 0 Å². The van der Waals surface area contributed by atoms with Crippen LogP contribution in [0.2, 0.25) is 0 Å². The number of ether oxygens (including phenoxy) is 2. The summed E-state index contributed by atoms with van der Waals surface area (Å²) >= 11 is 0. The summed E-state index contributed by atoms with van der Waals surface area (Å²) in [5.74, 6) is -2.20. The molecule has 4 rings (SSSR count). The second kappa shape index (κ2) is 18.7. The minimum absolute atomic E-state index is 0.0890. The molecule has 3 aromatic rings. The third-order valence-electron chi connectivity index (χ3n) is 8.80. The van der Waals surface area contributed by atoms with Crippen LogP contribution in [0, 0.1) is 5.92 Å². The van der Waals surface area contributed by atoms with Crippen LogP contribution in [0.15, 0.2) is 104 Å². The summed E-state index contributed by atoms with van der Waals surface area (Å²) in [5, 5.41) is 15.1. The van der Waals surface area contributed by atoms with Gasteiger partial charge in [0.1, 0.15) is 19.3 Å². The third-order valence-corrected chi connectivity index (χ3v) is 8.80. The first kappa shape index (κ1) is 38.6. The maximum Gasteiger partial charge on any atom is 0.407 e. The number of esters is 1. The number of aliphatic hydroxyl groups is 1. The normalized spacial score (nSPS) is 13.2. The number of alkyl carbamates (subject to hydrolysis) is 1. The average molecular weight is 696 g/mol. The van der Waals surface area contributed by atoms with Crippen molar-refractivity contribution in [2.75, 3.05) is 26.4 Å². The molecule has 2 atom stereocenters. The van der Waals surface area contributed by atoms with Gasteiger partial charge in [0.25, 0.3) is 0 Å². The molecule has 0 saturated carbocycles. The van der Waals surface area contributed by atoms with E-state index in [1.54, 1.807) is 26.0 Å². The molecule has 10 nitrogen and oxygen atoms in total. The van der Waals surface area contributed by atoms with Crippen LogP contribution < -0.4 is 10.6 Å². The van der Waals surface area contributed by atoms with Gasteiger partial charge < -0.3 is 30.1 Å². The van der Waals surface area contributed by atoms with Gasteiger partial charge in [-0.3, -0.25) is 9.59 Å². The maximum atomic E-state index is 13.4. The molecule has 2 unspecified atom stereocenters. The smallest absolute Gasteiger partial charge is 0.407 e. The van der Waals surface area contributed by atoms with Gasteiger partial charge in [0.05, 0.1) is 18.1 Å². The number of carbonyl (C=O) groups excluding carboxylic acids is 4. The SMILES string of the molecule is C=CCCC(NC(=O)OCC1c2ccccc2-c2ccccc21)C(=O)OCC(C)(C)NC(=O)C(CC=C)CC(=O)N(CCO)Cc1ccccc1. The van der Waals surface area contributed by atoms with E-state index in [0.717, 1.165) is 27.8 Å². The zero-order valence-electron chi connectivity index (χ0n) is 29.5. The summed E-state index contributed by atoms with van der Waals surface area (Å²) in [5.41, 5.74) is 4.28. The van der Waals surface area contributed by atoms with E-state index in [2.05, 4.69) is 35.9 Å². The van der Waals surface area contributed by atoms with Gasteiger partial charge in [-0.25, -0.2) is 9.59 Å². The Balaban J connectivity index is 1.32. The zero-order chi connectivity index (χ0) is 36.8. The molecule has 0 fully saturated rings. The van der Waals surface area contributed by atoms with Crippen LogP contribution in [-0.4, -0.2) is 71.8 Å². The Hall–Kier alpha value is -5.22. The highest BCUT2D eigenvalue weighted by Crippen LogP contribution is 2.44. The summed E-state index contributed by atoms with van der Waals surface area (Å²) in [7, 11) is 0. The van der Waals surface area contributed by atoms with E-state index in [0.29, 0.717) is 13.0 Å². The molecule has 0 aliphatic heterocycles.